The number of aliphatic hydroxyl groups is 1. The van der Waals surface area contributed by atoms with Gasteiger partial charge in [-0.2, -0.15) is 5.10 Å². The molecule has 0 spiro atoms. The molecular formula is C16H28ClN3O. The zero-order chi connectivity index (χ0) is 15.5. The Bertz CT molecular complexity index is 474. The van der Waals surface area contributed by atoms with Crippen LogP contribution in [-0.4, -0.2) is 27.0 Å². The fourth-order valence-electron chi connectivity index (χ4n) is 3.39. The summed E-state index contributed by atoms with van der Waals surface area (Å²) in [5, 5.41) is 19.3. The maximum absolute atomic E-state index is 10.6. The largest absolute Gasteiger partial charge is 0.389 e. The van der Waals surface area contributed by atoms with Gasteiger partial charge in [0, 0.05) is 19.6 Å². The molecule has 5 heteroatoms. The maximum atomic E-state index is 10.6. The fraction of sp³-hybridized carbons (Fsp3) is 0.812. The van der Waals surface area contributed by atoms with Crippen LogP contribution in [0.15, 0.2) is 0 Å². The van der Waals surface area contributed by atoms with Gasteiger partial charge in [-0.15, -0.1) is 0 Å². The Hall–Kier alpha value is -0.580. The fourth-order valence-corrected chi connectivity index (χ4v) is 3.73. The molecule has 0 saturated heterocycles. The second-order valence-electron chi connectivity index (χ2n) is 6.41. The van der Waals surface area contributed by atoms with E-state index in [4.69, 9.17) is 11.6 Å². The number of rotatable bonds is 6. The van der Waals surface area contributed by atoms with Gasteiger partial charge in [-0.05, 0) is 32.1 Å². The summed E-state index contributed by atoms with van der Waals surface area (Å²) in [4.78, 5) is 0. The van der Waals surface area contributed by atoms with Crippen LogP contribution < -0.4 is 5.32 Å². The molecule has 2 rings (SSSR count). The molecule has 0 aromatic carbocycles. The van der Waals surface area contributed by atoms with Crippen molar-refractivity contribution < 1.29 is 5.11 Å². The Morgan fingerprint density at radius 3 is 2.86 bits per heavy atom. The van der Waals surface area contributed by atoms with Gasteiger partial charge in [0.2, 0.25) is 0 Å². The predicted molar refractivity (Wildman–Crippen MR) is 86.6 cm³/mol. The average Bonchev–Trinajstić information content (AvgIpc) is 2.75. The number of halogens is 1. The summed E-state index contributed by atoms with van der Waals surface area (Å²) < 4.78 is 1.96. The first-order chi connectivity index (χ1) is 9.99. The van der Waals surface area contributed by atoms with E-state index in [9.17, 15) is 5.11 Å². The van der Waals surface area contributed by atoms with Crippen LogP contribution in [0.1, 0.15) is 57.8 Å². The van der Waals surface area contributed by atoms with Crippen molar-refractivity contribution in [1.82, 2.24) is 15.1 Å². The molecule has 21 heavy (non-hydrogen) atoms. The van der Waals surface area contributed by atoms with Gasteiger partial charge >= 0.3 is 0 Å². The van der Waals surface area contributed by atoms with E-state index in [1.807, 2.05) is 4.68 Å². The third kappa shape index (κ3) is 3.99. The van der Waals surface area contributed by atoms with Crippen LogP contribution in [0, 0.1) is 5.92 Å². The maximum Gasteiger partial charge on any atom is 0.0863 e. The van der Waals surface area contributed by atoms with Crippen molar-refractivity contribution in [3.05, 3.63) is 16.4 Å². The molecule has 2 N–H and O–H groups in total. The molecule has 0 amide bonds. The molecule has 1 heterocycles. The van der Waals surface area contributed by atoms with Crippen LogP contribution in [0.5, 0.6) is 0 Å². The molecule has 1 aromatic rings. The third-order valence-corrected chi connectivity index (χ3v) is 4.94. The van der Waals surface area contributed by atoms with E-state index in [1.54, 1.807) is 0 Å². The molecule has 0 aliphatic heterocycles. The Labute approximate surface area is 132 Å². The SMILES string of the molecule is CCc1nn(CC)c(CNCC2(O)CCCC(C)C2)c1Cl. The first-order valence-corrected chi connectivity index (χ1v) is 8.54. The molecule has 1 aliphatic rings. The van der Waals surface area contributed by atoms with Crippen molar-refractivity contribution in [3.63, 3.8) is 0 Å². The smallest absolute Gasteiger partial charge is 0.0863 e. The van der Waals surface area contributed by atoms with E-state index in [1.165, 1.54) is 6.42 Å². The van der Waals surface area contributed by atoms with Gasteiger partial charge in [0.1, 0.15) is 0 Å². The van der Waals surface area contributed by atoms with Crippen LogP contribution in [0.25, 0.3) is 0 Å². The van der Waals surface area contributed by atoms with Crippen LogP contribution in [0.3, 0.4) is 0 Å². The van der Waals surface area contributed by atoms with Crippen molar-refractivity contribution in [1.29, 1.82) is 0 Å². The highest BCUT2D eigenvalue weighted by Crippen LogP contribution is 2.31. The quantitative estimate of drug-likeness (QED) is 0.848. The number of nitrogens with zero attached hydrogens (tertiary/aromatic N) is 2. The van der Waals surface area contributed by atoms with Crippen LogP contribution in [0.2, 0.25) is 5.02 Å². The molecule has 2 atom stereocenters. The standard InChI is InChI=1S/C16H28ClN3O/c1-4-13-15(17)14(20(5-2)19-13)10-18-11-16(21)8-6-7-12(3)9-16/h12,18,21H,4-11H2,1-3H3. The van der Waals surface area contributed by atoms with E-state index in [0.29, 0.717) is 19.0 Å². The van der Waals surface area contributed by atoms with E-state index < -0.39 is 5.60 Å². The van der Waals surface area contributed by atoms with Crippen LogP contribution in [-0.2, 0) is 19.5 Å². The second kappa shape index (κ2) is 7.12. The minimum atomic E-state index is -0.561. The normalized spacial score (nSPS) is 26.2. The van der Waals surface area contributed by atoms with Crippen LogP contribution in [0.4, 0.5) is 0 Å². The van der Waals surface area contributed by atoms with Gasteiger partial charge in [-0.25, -0.2) is 0 Å². The molecule has 1 aromatic heterocycles. The Morgan fingerprint density at radius 2 is 2.24 bits per heavy atom. The molecule has 1 fully saturated rings. The summed E-state index contributed by atoms with van der Waals surface area (Å²) in [5.41, 5.74) is 1.43. The van der Waals surface area contributed by atoms with Gasteiger partial charge in [-0.3, -0.25) is 4.68 Å². The summed E-state index contributed by atoms with van der Waals surface area (Å²) in [7, 11) is 0. The molecule has 1 saturated carbocycles. The van der Waals surface area contributed by atoms with Crippen molar-refractivity contribution in [2.24, 2.45) is 5.92 Å². The molecule has 0 bridgehead atoms. The summed E-state index contributed by atoms with van der Waals surface area (Å²) in [5.74, 6) is 0.613. The number of hydrogen-bond acceptors (Lipinski definition) is 3. The van der Waals surface area contributed by atoms with Crippen molar-refractivity contribution in [2.45, 2.75) is 71.6 Å². The van der Waals surface area contributed by atoms with Gasteiger partial charge in [0.05, 0.1) is 22.0 Å². The first-order valence-electron chi connectivity index (χ1n) is 8.16. The summed E-state index contributed by atoms with van der Waals surface area (Å²) in [6.45, 7) is 8.47. The Balaban J connectivity index is 1.95. The lowest BCUT2D eigenvalue weighted by molar-refractivity contribution is -0.0120. The van der Waals surface area contributed by atoms with Crippen molar-refractivity contribution >= 4 is 11.6 Å². The number of hydrogen-bond donors (Lipinski definition) is 2. The van der Waals surface area contributed by atoms with E-state index >= 15 is 0 Å². The average molecular weight is 314 g/mol. The molecule has 2 unspecified atom stereocenters. The molecule has 1 aliphatic carbocycles. The lowest BCUT2D eigenvalue weighted by Gasteiger charge is -2.35. The summed E-state index contributed by atoms with van der Waals surface area (Å²) in [6.07, 6.45) is 4.98. The zero-order valence-corrected chi connectivity index (χ0v) is 14.2. The van der Waals surface area contributed by atoms with Gasteiger partial charge in [-0.1, -0.05) is 38.3 Å². The Morgan fingerprint density at radius 1 is 1.48 bits per heavy atom. The number of nitrogens with one attached hydrogen (secondary N) is 1. The lowest BCUT2D eigenvalue weighted by atomic mass is 9.79. The topological polar surface area (TPSA) is 50.1 Å². The predicted octanol–water partition coefficient (Wildman–Crippen LogP) is 3.15. The highest BCUT2D eigenvalue weighted by Gasteiger charge is 2.32. The third-order valence-electron chi connectivity index (χ3n) is 4.51. The van der Waals surface area contributed by atoms with E-state index in [-0.39, 0.29) is 0 Å². The zero-order valence-electron chi connectivity index (χ0n) is 13.5. The minimum absolute atomic E-state index is 0.561. The second-order valence-corrected chi connectivity index (χ2v) is 6.78. The van der Waals surface area contributed by atoms with Gasteiger partial charge < -0.3 is 10.4 Å². The molecule has 4 nitrogen and oxygen atoms in total. The minimum Gasteiger partial charge on any atom is -0.389 e. The summed E-state index contributed by atoms with van der Waals surface area (Å²) >= 11 is 6.40. The Kier molecular flexibility index (Phi) is 5.69. The first kappa shape index (κ1) is 16.8. The highest BCUT2D eigenvalue weighted by molar-refractivity contribution is 6.31. The highest BCUT2D eigenvalue weighted by atomic mass is 35.5. The van der Waals surface area contributed by atoms with E-state index in [2.05, 4.69) is 31.2 Å². The molecule has 0 radical (unpaired) electrons. The monoisotopic (exact) mass is 313 g/mol. The van der Waals surface area contributed by atoms with Crippen molar-refractivity contribution in [3.8, 4) is 0 Å². The number of aryl methyl sites for hydroxylation is 2. The molecule has 120 valence electrons. The van der Waals surface area contributed by atoms with Crippen LogP contribution >= 0.6 is 11.6 Å². The van der Waals surface area contributed by atoms with Gasteiger partial charge in [0.25, 0.3) is 0 Å². The summed E-state index contributed by atoms with van der Waals surface area (Å²) in [6, 6.07) is 0. The van der Waals surface area contributed by atoms with Crippen molar-refractivity contribution in [2.75, 3.05) is 6.54 Å². The lowest BCUT2D eigenvalue weighted by Crippen LogP contribution is -2.44. The van der Waals surface area contributed by atoms with E-state index in [0.717, 1.165) is 48.6 Å². The van der Waals surface area contributed by atoms with Gasteiger partial charge in [0.15, 0.2) is 0 Å². The number of aromatic nitrogens is 2. The molecular weight excluding hydrogens is 286 g/mol.